The van der Waals surface area contributed by atoms with Crippen molar-refractivity contribution in [1.29, 1.82) is 0 Å². The molecule has 6 heteroatoms. The molecule has 16 heavy (non-hydrogen) atoms. The van der Waals surface area contributed by atoms with Crippen LogP contribution in [0.25, 0.3) is 0 Å². The number of amides is 2. The van der Waals surface area contributed by atoms with E-state index in [9.17, 15) is 9.59 Å². The van der Waals surface area contributed by atoms with Crippen molar-refractivity contribution in [3.63, 3.8) is 0 Å². The Morgan fingerprint density at radius 2 is 1.50 bits per heavy atom. The average Bonchev–Trinajstić information content (AvgIpc) is 2.90. The molecule has 1 aromatic carbocycles. The van der Waals surface area contributed by atoms with Gasteiger partial charge >= 0.3 is 0 Å². The minimum Gasteiger partial charge on any atom is -0.349 e. The highest BCUT2D eigenvalue weighted by Gasteiger charge is 2.61. The summed E-state index contributed by atoms with van der Waals surface area (Å²) in [7, 11) is 0. The highest BCUT2D eigenvalue weighted by molar-refractivity contribution is 6.36. The van der Waals surface area contributed by atoms with E-state index in [1.54, 1.807) is 0 Å². The fourth-order valence-electron chi connectivity index (χ4n) is 1.77. The maximum absolute atomic E-state index is 11.7. The number of anilines is 1. The Bertz CT molecular complexity index is 477. The van der Waals surface area contributed by atoms with Gasteiger partial charge in [0.15, 0.2) is 12.2 Å². The number of nitrogens with zero attached hydrogens (tertiary/aromatic N) is 1. The summed E-state index contributed by atoms with van der Waals surface area (Å²) in [5, 5.41) is 0.759. The normalized spacial score (nSPS) is 27.2. The molecule has 0 N–H and O–H groups in total. The molecule has 2 aliphatic rings. The van der Waals surface area contributed by atoms with Crippen molar-refractivity contribution in [3.8, 4) is 0 Å². The number of ether oxygens (including phenoxy) is 1. The first-order valence-electron chi connectivity index (χ1n) is 4.57. The summed E-state index contributed by atoms with van der Waals surface area (Å²) in [6.45, 7) is 0. The van der Waals surface area contributed by atoms with E-state index < -0.39 is 12.2 Å². The highest BCUT2D eigenvalue weighted by atomic mass is 35.5. The van der Waals surface area contributed by atoms with Gasteiger partial charge in [-0.2, -0.15) is 0 Å². The summed E-state index contributed by atoms with van der Waals surface area (Å²) in [6, 6.07) is 4.58. The molecule has 0 saturated carbocycles. The van der Waals surface area contributed by atoms with Gasteiger partial charge in [-0.15, -0.1) is 0 Å². The van der Waals surface area contributed by atoms with E-state index in [0.717, 1.165) is 4.90 Å². The van der Waals surface area contributed by atoms with Crippen molar-refractivity contribution in [1.82, 2.24) is 0 Å². The third-order valence-electron chi connectivity index (χ3n) is 2.52. The van der Waals surface area contributed by atoms with Gasteiger partial charge in [0.2, 0.25) is 0 Å². The van der Waals surface area contributed by atoms with Crippen LogP contribution in [-0.4, -0.2) is 24.0 Å². The summed E-state index contributed by atoms with van der Waals surface area (Å²) in [5.41, 5.74) is 0.392. The van der Waals surface area contributed by atoms with Crippen molar-refractivity contribution in [3.05, 3.63) is 28.2 Å². The fourth-order valence-corrected chi connectivity index (χ4v) is 2.29. The number of carbonyl (C=O) groups excluding carboxylic acids is 2. The smallest absolute Gasteiger partial charge is 0.266 e. The van der Waals surface area contributed by atoms with E-state index in [0.29, 0.717) is 15.7 Å². The molecule has 2 amide bonds. The van der Waals surface area contributed by atoms with Gasteiger partial charge in [-0.3, -0.25) is 9.59 Å². The molecule has 2 saturated heterocycles. The van der Waals surface area contributed by atoms with E-state index in [4.69, 9.17) is 27.9 Å². The predicted molar refractivity (Wildman–Crippen MR) is 57.6 cm³/mol. The molecule has 0 bridgehead atoms. The second-order valence-electron chi connectivity index (χ2n) is 3.62. The molecule has 0 aromatic heterocycles. The number of carbonyl (C=O) groups is 2. The number of epoxide rings is 1. The lowest BCUT2D eigenvalue weighted by molar-refractivity contribution is -0.126. The molecule has 3 rings (SSSR count). The molecule has 0 radical (unpaired) electrons. The van der Waals surface area contributed by atoms with Gasteiger partial charge in [-0.25, -0.2) is 4.90 Å². The lowest BCUT2D eigenvalue weighted by atomic mass is 10.3. The minimum atomic E-state index is -0.606. The van der Waals surface area contributed by atoms with Gasteiger partial charge in [0.25, 0.3) is 11.8 Å². The van der Waals surface area contributed by atoms with Crippen molar-refractivity contribution < 1.29 is 14.3 Å². The largest absolute Gasteiger partial charge is 0.349 e. The van der Waals surface area contributed by atoms with Crippen LogP contribution in [0.2, 0.25) is 10.0 Å². The number of fused-ring (bicyclic) bond motifs is 1. The lowest BCUT2D eigenvalue weighted by Gasteiger charge is -2.16. The Kier molecular flexibility index (Phi) is 2.01. The third kappa shape index (κ3) is 1.34. The van der Waals surface area contributed by atoms with Crippen LogP contribution in [0.4, 0.5) is 5.69 Å². The maximum atomic E-state index is 11.7. The molecule has 82 valence electrons. The summed E-state index contributed by atoms with van der Waals surface area (Å²) < 4.78 is 4.88. The predicted octanol–water partition coefficient (Wildman–Crippen LogP) is 1.63. The zero-order chi connectivity index (χ0) is 11.4. The number of rotatable bonds is 1. The number of benzene rings is 1. The van der Waals surface area contributed by atoms with E-state index in [1.165, 1.54) is 18.2 Å². The van der Waals surface area contributed by atoms with Crippen molar-refractivity contribution in [2.45, 2.75) is 12.2 Å². The average molecular weight is 258 g/mol. The Labute approximate surface area is 101 Å². The Morgan fingerprint density at radius 3 is 2.00 bits per heavy atom. The van der Waals surface area contributed by atoms with Crippen molar-refractivity contribution >= 4 is 40.7 Å². The van der Waals surface area contributed by atoms with Gasteiger partial charge in [0, 0.05) is 10.0 Å². The van der Waals surface area contributed by atoms with Crippen LogP contribution in [0, 0.1) is 0 Å². The maximum Gasteiger partial charge on any atom is 0.266 e. The Balaban J connectivity index is 2.04. The first kappa shape index (κ1) is 10.1. The van der Waals surface area contributed by atoms with Crippen LogP contribution < -0.4 is 4.90 Å². The van der Waals surface area contributed by atoms with Crippen LogP contribution in [0.15, 0.2) is 18.2 Å². The summed E-state index contributed by atoms with van der Waals surface area (Å²) >= 11 is 11.6. The zero-order valence-electron chi connectivity index (χ0n) is 7.81. The summed E-state index contributed by atoms with van der Waals surface area (Å²) in [6.07, 6.45) is -1.21. The second kappa shape index (κ2) is 3.20. The van der Waals surface area contributed by atoms with Crippen molar-refractivity contribution in [2.75, 3.05) is 4.90 Å². The van der Waals surface area contributed by atoms with Gasteiger partial charge in [-0.1, -0.05) is 23.2 Å². The monoisotopic (exact) mass is 257 g/mol. The second-order valence-corrected chi connectivity index (χ2v) is 4.49. The van der Waals surface area contributed by atoms with E-state index in [-0.39, 0.29) is 11.8 Å². The van der Waals surface area contributed by atoms with Crippen LogP contribution in [0.3, 0.4) is 0 Å². The van der Waals surface area contributed by atoms with Gasteiger partial charge in [0.05, 0.1) is 5.69 Å². The summed E-state index contributed by atoms with van der Waals surface area (Å²) in [5.74, 6) is -0.707. The highest BCUT2D eigenvalue weighted by Crippen LogP contribution is 2.37. The molecule has 2 aliphatic heterocycles. The zero-order valence-corrected chi connectivity index (χ0v) is 9.33. The molecular formula is C10H5Cl2NO3. The number of hydrogen-bond donors (Lipinski definition) is 0. The number of hydrogen-bond acceptors (Lipinski definition) is 3. The van der Waals surface area contributed by atoms with Crippen molar-refractivity contribution in [2.24, 2.45) is 0 Å². The van der Waals surface area contributed by atoms with E-state index >= 15 is 0 Å². The first-order valence-corrected chi connectivity index (χ1v) is 5.33. The summed E-state index contributed by atoms with van der Waals surface area (Å²) in [4.78, 5) is 24.4. The Hall–Kier alpha value is -1.10. The van der Waals surface area contributed by atoms with Crippen LogP contribution in [0.1, 0.15) is 0 Å². The van der Waals surface area contributed by atoms with E-state index in [1.807, 2.05) is 0 Å². The topological polar surface area (TPSA) is 49.9 Å². The molecule has 4 nitrogen and oxygen atoms in total. The molecule has 2 fully saturated rings. The molecule has 0 spiro atoms. The molecule has 1 aromatic rings. The van der Waals surface area contributed by atoms with Gasteiger partial charge in [0.1, 0.15) is 0 Å². The standard InChI is InChI=1S/C10H5Cl2NO3/c11-4-1-5(12)3-6(2-4)13-9(14)7-8(16-7)10(13)15/h1-3,7-8H. The SMILES string of the molecule is O=C1C2OC2C(=O)N1c1cc(Cl)cc(Cl)c1. The minimum absolute atomic E-state index is 0.353. The molecular weight excluding hydrogens is 253 g/mol. The van der Waals surface area contributed by atoms with Crippen LogP contribution >= 0.6 is 23.2 Å². The third-order valence-corrected chi connectivity index (χ3v) is 2.96. The lowest BCUT2D eigenvalue weighted by Crippen LogP contribution is -2.34. The number of morpholine rings is 1. The Morgan fingerprint density at radius 1 is 1.00 bits per heavy atom. The van der Waals surface area contributed by atoms with E-state index in [2.05, 4.69) is 0 Å². The van der Waals surface area contributed by atoms with Crippen LogP contribution in [0.5, 0.6) is 0 Å². The van der Waals surface area contributed by atoms with Crippen LogP contribution in [-0.2, 0) is 14.3 Å². The fraction of sp³-hybridized carbons (Fsp3) is 0.200. The molecule has 2 heterocycles. The number of imide groups is 1. The molecule has 0 aliphatic carbocycles. The quantitative estimate of drug-likeness (QED) is 0.568. The molecule has 2 unspecified atom stereocenters. The number of halogens is 2. The molecule has 2 atom stereocenters. The van der Waals surface area contributed by atoms with Gasteiger partial charge in [-0.05, 0) is 18.2 Å². The van der Waals surface area contributed by atoms with Gasteiger partial charge < -0.3 is 4.74 Å². The first-order chi connectivity index (χ1) is 7.58.